The molecule has 0 unspecified atom stereocenters. The van der Waals surface area contributed by atoms with Crippen molar-refractivity contribution in [1.29, 1.82) is 0 Å². The van der Waals surface area contributed by atoms with Crippen molar-refractivity contribution in [2.24, 2.45) is 0 Å². The molecule has 1 aromatic heterocycles. The Morgan fingerprint density at radius 2 is 1.95 bits per heavy atom. The van der Waals surface area contributed by atoms with Crippen LogP contribution in [0.5, 0.6) is 0 Å². The van der Waals surface area contributed by atoms with Gasteiger partial charge >= 0.3 is 0 Å². The summed E-state index contributed by atoms with van der Waals surface area (Å²) in [5.74, 6) is 0.381. The number of aliphatic hydroxyl groups excluding tert-OH is 1. The van der Waals surface area contributed by atoms with E-state index in [2.05, 4.69) is 14.9 Å². The number of sulfonamides is 1. The second-order valence-electron chi connectivity index (χ2n) is 4.10. The molecule has 1 heterocycles. The highest BCUT2D eigenvalue weighted by Crippen LogP contribution is 2.10. The molecule has 0 aliphatic carbocycles. The van der Waals surface area contributed by atoms with Crippen LogP contribution in [0.15, 0.2) is 40.0 Å². The first-order chi connectivity index (χ1) is 9.62. The fourth-order valence-corrected chi connectivity index (χ4v) is 2.68. The van der Waals surface area contributed by atoms with Gasteiger partial charge in [0.25, 0.3) is 0 Å². The van der Waals surface area contributed by atoms with Crippen LogP contribution in [-0.4, -0.2) is 36.8 Å². The van der Waals surface area contributed by atoms with Crippen LogP contribution in [0.2, 0.25) is 0 Å². The van der Waals surface area contributed by atoms with Crippen LogP contribution in [0, 0.1) is 0 Å². The molecule has 0 atom stereocenters. The molecule has 0 bridgehead atoms. The molecular weight excluding hydrogens is 282 g/mol. The Kier molecular flexibility index (Phi) is 4.83. The minimum atomic E-state index is -3.55. The number of nitrogens with one attached hydrogen (secondary N) is 1. The minimum Gasteiger partial charge on any atom is -0.396 e. The fourth-order valence-electron chi connectivity index (χ4n) is 1.65. The van der Waals surface area contributed by atoms with Gasteiger partial charge in [-0.2, -0.15) is 4.98 Å². The standard InChI is InChI=1S/C12H15N3O4S/c16-8-6-10-1-3-11(4-2-10)20(17,18)15-7-5-12-13-9-14-19-12/h1-4,9,15-16H,5-8H2. The third kappa shape index (κ3) is 3.86. The fraction of sp³-hybridized carbons (Fsp3) is 0.333. The Hall–Kier alpha value is -1.77. The van der Waals surface area contributed by atoms with Crippen LogP contribution in [-0.2, 0) is 22.9 Å². The zero-order chi connectivity index (χ0) is 14.4. The van der Waals surface area contributed by atoms with Crippen LogP contribution in [0.4, 0.5) is 0 Å². The summed E-state index contributed by atoms with van der Waals surface area (Å²) in [5, 5.41) is 12.2. The van der Waals surface area contributed by atoms with E-state index in [0.717, 1.165) is 5.56 Å². The largest absolute Gasteiger partial charge is 0.396 e. The van der Waals surface area contributed by atoms with E-state index in [1.807, 2.05) is 0 Å². The predicted octanol–water partition coefficient (Wildman–Crippen LogP) is 0.125. The Bertz CT molecular complexity index is 623. The van der Waals surface area contributed by atoms with Gasteiger partial charge in [-0.05, 0) is 24.1 Å². The summed E-state index contributed by atoms with van der Waals surface area (Å²) in [6, 6.07) is 6.39. The maximum absolute atomic E-state index is 12.0. The van der Waals surface area contributed by atoms with Crippen LogP contribution in [0.25, 0.3) is 0 Å². The van der Waals surface area contributed by atoms with E-state index in [0.29, 0.717) is 18.7 Å². The Labute approximate surface area is 116 Å². The van der Waals surface area contributed by atoms with Crippen molar-refractivity contribution in [2.75, 3.05) is 13.2 Å². The topological polar surface area (TPSA) is 105 Å². The first-order valence-corrected chi connectivity index (χ1v) is 7.55. The lowest BCUT2D eigenvalue weighted by molar-refractivity contribution is 0.299. The summed E-state index contributed by atoms with van der Waals surface area (Å²) in [4.78, 5) is 3.99. The lowest BCUT2D eigenvalue weighted by Gasteiger charge is -2.06. The molecule has 8 heteroatoms. The highest BCUT2D eigenvalue weighted by molar-refractivity contribution is 7.89. The van der Waals surface area contributed by atoms with E-state index >= 15 is 0 Å². The molecule has 0 aliphatic heterocycles. The van der Waals surface area contributed by atoms with Gasteiger partial charge in [0.2, 0.25) is 15.9 Å². The lowest BCUT2D eigenvalue weighted by atomic mass is 10.2. The molecule has 7 nitrogen and oxygen atoms in total. The van der Waals surface area contributed by atoms with Gasteiger partial charge in [-0.25, -0.2) is 13.1 Å². The van der Waals surface area contributed by atoms with Crippen molar-refractivity contribution in [3.8, 4) is 0 Å². The molecule has 0 fully saturated rings. The Morgan fingerprint density at radius 3 is 2.55 bits per heavy atom. The van der Waals surface area contributed by atoms with E-state index < -0.39 is 10.0 Å². The second kappa shape index (κ2) is 6.60. The average Bonchev–Trinajstić information content (AvgIpc) is 2.93. The summed E-state index contributed by atoms with van der Waals surface area (Å²) in [6.45, 7) is 0.220. The van der Waals surface area contributed by atoms with Crippen molar-refractivity contribution < 1.29 is 18.0 Å². The van der Waals surface area contributed by atoms with Crippen molar-refractivity contribution in [1.82, 2.24) is 14.9 Å². The molecule has 108 valence electrons. The highest BCUT2D eigenvalue weighted by atomic mass is 32.2. The first-order valence-electron chi connectivity index (χ1n) is 6.07. The zero-order valence-corrected chi connectivity index (χ0v) is 11.5. The molecular formula is C12H15N3O4S. The van der Waals surface area contributed by atoms with Gasteiger partial charge in [0.15, 0.2) is 6.33 Å². The predicted molar refractivity (Wildman–Crippen MR) is 70.4 cm³/mol. The van der Waals surface area contributed by atoms with Gasteiger partial charge in [-0.15, -0.1) is 0 Å². The summed E-state index contributed by atoms with van der Waals surface area (Å²) < 4.78 is 31.2. The summed E-state index contributed by atoms with van der Waals surface area (Å²) in [7, 11) is -3.55. The SMILES string of the molecule is O=S(=O)(NCCc1ncno1)c1ccc(CCO)cc1. The van der Waals surface area contributed by atoms with Crippen LogP contribution in [0.1, 0.15) is 11.5 Å². The number of aliphatic hydroxyl groups is 1. The van der Waals surface area contributed by atoms with Gasteiger partial charge < -0.3 is 9.63 Å². The highest BCUT2D eigenvalue weighted by Gasteiger charge is 2.13. The van der Waals surface area contributed by atoms with Gasteiger partial charge in [0.05, 0.1) is 4.90 Å². The minimum absolute atomic E-state index is 0.0362. The molecule has 0 amide bonds. The lowest BCUT2D eigenvalue weighted by Crippen LogP contribution is -2.26. The summed E-state index contributed by atoms with van der Waals surface area (Å²) >= 11 is 0. The normalized spacial score (nSPS) is 11.7. The van der Waals surface area contributed by atoms with Crippen LogP contribution >= 0.6 is 0 Å². The first kappa shape index (κ1) is 14.6. The van der Waals surface area contributed by atoms with E-state index in [1.165, 1.54) is 18.5 Å². The van der Waals surface area contributed by atoms with Crippen LogP contribution < -0.4 is 4.72 Å². The van der Waals surface area contributed by atoms with Crippen LogP contribution in [0.3, 0.4) is 0 Å². The maximum Gasteiger partial charge on any atom is 0.240 e. The van der Waals surface area contributed by atoms with Crippen molar-refractivity contribution in [2.45, 2.75) is 17.7 Å². The van der Waals surface area contributed by atoms with Gasteiger partial charge in [-0.3, -0.25) is 0 Å². The number of benzene rings is 1. The van der Waals surface area contributed by atoms with E-state index in [9.17, 15) is 8.42 Å². The van der Waals surface area contributed by atoms with Crippen molar-refractivity contribution >= 4 is 10.0 Å². The molecule has 0 saturated carbocycles. The molecule has 0 aliphatic rings. The number of rotatable bonds is 7. The Morgan fingerprint density at radius 1 is 1.20 bits per heavy atom. The molecule has 2 aromatic rings. The summed E-state index contributed by atoms with van der Waals surface area (Å²) in [5.41, 5.74) is 0.886. The number of nitrogens with zero attached hydrogens (tertiary/aromatic N) is 2. The maximum atomic E-state index is 12.0. The van der Waals surface area contributed by atoms with E-state index in [1.54, 1.807) is 12.1 Å². The summed E-state index contributed by atoms with van der Waals surface area (Å²) in [6.07, 6.45) is 2.11. The molecule has 2 N–H and O–H groups in total. The van der Waals surface area contributed by atoms with E-state index in [-0.39, 0.29) is 18.0 Å². The van der Waals surface area contributed by atoms with Crippen molar-refractivity contribution in [3.63, 3.8) is 0 Å². The molecule has 20 heavy (non-hydrogen) atoms. The Balaban J connectivity index is 1.95. The van der Waals surface area contributed by atoms with Crippen molar-refractivity contribution in [3.05, 3.63) is 42.0 Å². The smallest absolute Gasteiger partial charge is 0.240 e. The number of hydrogen-bond donors (Lipinski definition) is 2. The zero-order valence-electron chi connectivity index (χ0n) is 10.7. The second-order valence-corrected chi connectivity index (χ2v) is 5.87. The van der Waals surface area contributed by atoms with E-state index in [4.69, 9.17) is 9.63 Å². The molecule has 0 spiro atoms. The third-order valence-corrected chi connectivity index (χ3v) is 4.15. The van der Waals surface area contributed by atoms with Gasteiger partial charge in [-0.1, -0.05) is 17.3 Å². The quantitative estimate of drug-likeness (QED) is 0.752. The van der Waals surface area contributed by atoms with Gasteiger partial charge in [0.1, 0.15) is 0 Å². The molecule has 0 radical (unpaired) electrons. The molecule has 2 rings (SSSR count). The average molecular weight is 297 g/mol. The molecule has 0 saturated heterocycles. The third-order valence-electron chi connectivity index (χ3n) is 2.67. The monoisotopic (exact) mass is 297 g/mol. The molecule has 1 aromatic carbocycles. The number of hydrogen-bond acceptors (Lipinski definition) is 6. The number of aromatic nitrogens is 2. The van der Waals surface area contributed by atoms with Gasteiger partial charge in [0, 0.05) is 19.6 Å².